The molecule has 4 heterocycles. The average Bonchev–Trinajstić information content (AvgIpc) is 3.75. The van der Waals surface area contributed by atoms with Crippen LogP contribution in [0.5, 0.6) is 23.0 Å². The Morgan fingerprint density at radius 2 is 1.24 bits per heavy atom. The molecule has 2 atom stereocenters. The Morgan fingerprint density at radius 3 is 1.83 bits per heavy atom. The number of para-hydroxylation sites is 2. The Morgan fingerprint density at radius 1 is 0.678 bits per heavy atom. The highest BCUT2D eigenvalue weighted by Crippen LogP contribution is 2.42. The van der Waals surface area contributed by atoms with E-state index >= 15 is 0 Å². The number of hydrogen-bond acceptors (Lipinski definition) is 10. The van der Waals surface area contributed by atoms with Crippen LogP contribution in [0.2, 0.25) is 0 Å². The number of anilines is 2. The second kappa shape index (κ2) is 15.8. The smallest absolute Gasteiger partial charge is 0.305 e. The van der Waals surface area contributed by atoms with Crippen LogP contribution in [0.25, 0.3) is 0 Å². The number of nitrogens with zero attached hydrogens (tertiary/aromatic N) is 4. The second-order valence-corrected chi connectivity index (χ2v) is 15.0. The van der Waals surface area contributed by atoms with E-state index in [2.05, 4.69) is 6.07 Å². The number of ether oxygens (including phenoxy) is 5. The summed E-state index contributed by atoms with van der Waals surface area (Å²) in [5, 5.41) is 0. The van der Waals surface area contributed by atoms with Crippen molar-refractivity contribution < 1.29 is 38.1 Å². The van der Waals surface area contributed by atoms with Crippen molar-refractivity contribution in [1.82, 2.24) is 0 Å². The molecule has 0 spiro atoms. The number of methoxy groups -OCH3 is 2. The second-order valence-electron chi connectivity index (χ2n) is 15.0. The highest BCUT2D eigenvalue weighted by atomic mass is 16.5. The number of rotatable bonds is 12. The Hall–Kier alpha value is -6.95. The van der Waals surface area contributed by atoms with Gasteiger partial charge < -0.3 is 23.7 Å². The number of aryl methyl sites for hydroxylation is 1. The fraction of sp³-hybridized carbons (Fsp3) is 0.255. The predicted molar refractivity (Wildman–Crippen MR) is 224 cm³/mol. The first kappa shape index (κ1) is 37.6. The molecule has 0 radical (unpaired) electrons. The van der Waals surface area contributed by atoms with Gasteiger partial charge >= 0.3 is 5.97 Å². The van der Waals surface area contributed by atoms with E-state index in [9.17, 15) is 14.4 Å². The third-order valence-electron chi connectivity index (χ3n) is 11.1. The molecule has 0 saturated carbocycles. The SMILES string of the molecule is COC(=O)CCCOc1cc(COc2cc3c(cc2C)C(=O)N2c4ccccc4C[C@H]2C=N3)cc(COc2cc3c(cc2OC)C(=O)N2c4ccccc4C[C@H]2C=N3)c1. The fourth-order valence-corrected chi connectivity index (χ4v) is 8.20. The van der Waals surface area contributed by atoms with Gasteiger partial charge in [-0.1, -0.05) is 36.4 Å². The number of fused-ring (bicyclic) bond motifs is 8. The monoisotopic (exact) mass is 790 g/mol. The van der Waals surface area contributed by atoms with E-state index in [0.29, 0.717) is 64.9 Å². The third kappa shape index (κ3) is 7.26. The topological polar surface area (TPSA) is 129 Å². The van der Waals surface area contributed by atoms with Gasteiger partial charge in [-0.3, -0.25) is 34.2 Å². The van der Waals surface area contributed by atoms with Crippen LogP contribution in [-0.2, 0) is 35.6 Å². The van der Waals surface area contributed by atoms with E-state index in [0.717, 1.165) is 45.6 Å². The van der Waals surface area contributed by atoms with Crippen LogP contribution >= 0.6 is 0 Å². The molecule has 0 aliphatic carbocycles. The first-order valence-corrected chi connectivity index (χ1v) is 19.6. The largest absolute Gasteiger partial charge is 0.494 e. The van der Waals surface area contributed by atoms with Crippen molar-refractivity contribution in [2.75, 3.05) is 30.6 Å². The van der Waals surface area contributed by atoms with Crippen molar-refractivity contribution in [3.05, 3.63) is 130 Å². The molecule has 4 aliphatic rings. The van der Waals surface area contributed by atoms with Crippen molar-refractivity contribution in [3.8, 4) is 23.0 Å². The number of esters is 1. The number of carbonyl (C=O) groups excluding carboxylic acids is 3. The number of hydrogen-bond donors (Lipinski definition) is 0. The Kier molecular flexibility index (Phi) is 10.1. The lowest BCUT2D eigenvalue weighted by Crippen LogP contribution is -2.37. The minimum Gasteiger partial charge on any atom is -0.494 e. The molecule has 12 nitrogen and oxygen atoms in total. The van der Waals surface area contributed by atoms with Gasteiger partial charge in [0, 0.05) is 55.2 Å². The molecule has 0 fully saturated rings. The molecular formula is C47H42N4O8. The molecule has 12 heteroatoms. The Bertz CT molecular complexity index is 2570. The summed E-state index contributed by atoms with van der Waals surface area (Å²) in [6.07, 6.45) is 5.80. The Labute approximate surface area is 341 Å². The molecule has 0 bridgehead atoms. The lowest BCUT2D eigenvalue weighted by molar-refractivity contribution is -0.140. The van der Waals surface area contributed by atoms with Gasteiger partial charge in [-0.15, -0.1) is 0 Å². The molecule has 0 saturated heterocycles. The zero-order valence-corrected chi connectivity index (χ0v) is 33.0. The van der Waals surface area contributed by atoms with Crippen LogP contribution in [-0.4, -0.2) is 63.1 Å². The van der Waals surface area contributed by atoms with Crippen molar-refractivity contribution in [1.29, 1.82) is 0 Å². The van der Waals surface area contributed by atoms with Gasteiger partial charge in [0.2, 0.25) is 0 Å². The molecule has 2 amide bonds. The normalized spacial score (nSPS) is 16.9. The van der Waals surface area contributed by atoms with E-state index in [1.54, 1.807) is 24.1 Å². The predicted octanol–water partition coefficient (Wildman–Crippen LogP) is 8.07. The molecule has 5 aromatic rings. The van der Waals surface area contributed by atoms with E-state index in [1.165, 1.54) is 7.11 Å². The lowest BCUT2D eigenvalue weighted by atomic mass is 10.1. The molecule has 0 unspecified atom stereocenters. The van der Waals surface area contributed by atoms with Crippen LogP contribution in [0.4, 0.5) is 22.7 Å². The summed E-state index contributed by atoms with van der Waals surface area (Å²) < 4.78 is 29.4. The molecule has 9 rings (SSSR count). The highest BCUT2D eigenvalue weighted by Gasteiger charge is 2.38. The summed E-state index contributed by atoms with van der Waals surface area (Å²) in [7, 11) is 2.90. The maximum absolute atomic E-state index is 13.9. The van der Waals surface area contributed by atoms with Crippen LogP contribution in [0.1, 0.15) is 61.4 Å². The first-order valence-electron chi connectivity index (χ1n) is 19.6. The minimum absolute atomic E-state index is 0.0839. The van der Waals surface area contributed by atoms with Gasteiger partial charge in [0.15, 0.2) is 11.5 Å². The van der Waals surface area contributed by atoms with E-state index < -0.39 is 0 Å². The van der Waals surface area contributed by atoms with Gasteiger partial charge in [0.05, 0.1) is 55.4 Å². The third-order valence-corrected chi connectivity index (χ3v) is 11.1. The summed E-state index contributed by atoms with van der Waals surface area (Å²) in [6, 6.07) is 28.4. The van der Waals surface area contributed by atoms with Crippen LogP contribution in [0.3, 0.4) is 0 Å². The summed E-state index contributed by atoms with van der Waals surface area (Å²) in [6.45, 7) is 2.54. The average molecular weight is 791 g/mol. The molecule has 298 valence electrons. The number of benzene rings is 5. The molecule has 4 aliphatic heterocycles. The molecular weight excluding hydrogens is 749 g/mol. The maximum Gasteiger partial charge on any atom is 0.305 e. The van der Waals surface area contributed by atoms with Gasteiger partial charge in [-0.25, -0.2) is 0 Å². The lowest BCUT2D eigenvalue weighted by Gasteiger charge is -2.22. The van der Waals surface area contributed by atoms with Gasteiger partial charge in [-0.05, 0) is 83.6 Å². The quantitative estimate of drug-likeness (QED) is 0.0917. The van der Waals surface area contributed by atoms with E-state index in [-0.39, 0.29) is 49.5 Å². The van der Waals surface area contributed by atoms with Crippen molar-refractivity contribution in [2.45, 2.75) is 57.9 Å². The molecule has 5 aromatic carbocycles. The van der Waals surface area contributed by atoms with Crippen LogP contribution in [0, 0.1) is 6.92 Å². The van der Waals surface area contributed by atoms with Crippen LogP contribution < -0.4 is 28.7 Å². The van der Waals surface area contributed by atoms with Gasteiger partial charge in [0.25, 0.3) is 11.8 Å². The summed E-state index contributed by atoms with van der Waals surface area (Å²) in [5.41, 5.74) is 8.47. The molecule has 59 heavy (non-hydrogen) atoms. The zero-order chi connectivity index (χ0) is 40.6. The molecule has 0 N–H and O–H groups in total. The summed E-state index contributed by atoms with van der Waals surface area (Å²) in [4.78, 5) is 52.6. The highest BCUT2D eigenvalue weighted by molar-refractivity contribution is 6.15. The first-order chi connectivity index (χ1) is 28.8. The van der Waals surface area contributed by atoms with Crippen molar-refractivity contribution in [2.24, 2.45) is 9.98 Å². The standard InChI is InChI=1S/C47H42N4O8/c1-28-15-36-38(48-24-33-19-31-9-4-6-11-40(31)50(33)46(36)53)22-42(28)58-26-29-16-30(18-35(17-29)57-14-8-13-45(52)56-3)27-59-44-23-39-37(21-43(44)55-2)47(54)51-34(25-49-39)20-32-10-5-7-12-41(32)51/h4-7,9-12,15-18,21-25,33-34H,8,13-14,19-20,26-27H2,1-3H3/t33-,34-/m0/s1. The van der Waals surface area contributed by atoms with Crippen molar-refractivity contribution >= 4 is 53.0 Å². The van der Waals surface area contributed by atoms with E-state index in [4.69, 9.17) is 33.7 Å². The van der Waals surface area contributed by atoms with Gasteiger partial charge in [-0.2, -0.15) is 0 Å². The van der Waals surface area contributed by atoms with Crippen molar-refractivity contribution in [3.63, 3.8) is 0 Å². The van der Waals surface area contributed by atoms with E-state index in [1.807, 2.05) is 97.0 Å². The summed E-state index contributed by atoms with van der Waals surface area (Å²) in [5.74, 6) is 1.49. The number of aliphatic imine (C=N–C) groups is 2. The minimum atomic E-state index is -0.303. The van der Waals surface area contributed by atoms with Gasteiger partial charge in [0.1, 0.15) is 24.7 Å². The number of amides is 2. The zero-order valence-electron chi connectivity index (χ0n) is 33.0. The fourth-order valence-electron chi connectivity index (χ4n) is 8.20. The summed E-state index contributed by atoms with van der Waals surface area (Å²) >= 11 is 0. The maximum atomic E-state index is 13.9. The number of carbonyl (C=O) groups is 3. The Balaban J connectivity index is 0.947. The van der Waals surface area contributed by atoms with Crippen LogP contribution in [0.15, 0.2) is 101 Å². The molecule has 0 aromatic heterocycles.